The quantitative estimate of drug-likeness (QED) is 0.487. The smallest absolute Gasteiger partial charge is 0.226 e. The molecule has 1 saturated carbocycles. The number of carbonyl (C=O) groups excluding carboxylic acids is 1. The molecule has 1 aromatic rings. The van der Waals surface area contributed by atoms with Crippen molar-refractivity contribution in [2.45, 2.75) is 59.9 Å². The Hall–Kier alpha value is -2.04. The summed E-state index contributed by atoms with van der Waals surface area (Å²) >= 11 is 0. The minimum Gasteiger partial charge on any atom is -0.357 e. The summed E-state index contributed by atoms with van der Waals surface area (Å²) in [5, 5.41) is 9.76. The highest BCUT2D eigenvalue weighted by Gasteiger charge is 2.34. The van der Waals surface area contributed by atoms with Gasteiger partial charge in [-0.2, -0.15) is 0 Å². The molecular weight excluding hydrogens is 324 g/mol. The third-order valence-electron chi connectivity index (χ3n) is 5.30. The van der Waals surface area contributed by atoms with Gasteiger partial charge < -0.3 is 16.0 Å². The first-order valence-electron chi connectivity index (χ1n) is 9.90. The largest absolute Gasteiger partial charge is 0.357 e. The van der Waals surface area contributed by atoms with E-state index < -0.39 is 0 Å². The Morgan fingerprint density at radius 3 is 2.35 bits per heavy atom. The molecule has 0 aliphatic heterocycles. The van der Waals surface area contributed by atoms with Gasteiger partial charge in [0.1, 0.15) is 0 Å². The zero-order chi connectivity index (χ0) is 19.0. The van der Waals surface area contributed by atoms with Crippen molar-refractivity contribution in [2.75, 3.05) is 18.4 Å². The SMILES string of the molecule is CCNC(=NCc1ccc(NC(=O)C(C)C)cc1)NCC1(CC)CCC1. The number of aliphatic imine (C=N–C) groups is 1. The molecule has 0 heterocycles. The Balaban J connectivity index is 1.90. The van der Waals surface area contributed by atoms with E-state index in [0.29, 0.717) is 12.0 Å². The van der Waals surface area contributed by atoms with Crippen LogP contribution in [0.3, 0.4) is 0 Å². The highest BCUT2D eigenvalue weighted by Crippen LogP contribution is 2.42. The molecule has 0 saturated heterocycles. The highest BCUT2D eigenvalue weighted by atomic mass is 16.1. The second-order valence-corrected chi connectivity index (χ2v) is 7.60. The second-order valence-electron chi connectivity index (χ2n) is 7.60. The summed E-state index contributed by atoms with van der Waals surface area (Å²) in [6, 6.07) is 7.91. The van der Waals surface area contributed by atoms with Crippen LogP contribution >= 0.6 is 0 Å². The number of nitrogens with zero attached hydrogens (tertiary/aromatic N) is 1. The van der Waals surface area contributed by atoms with Crippen molar-refractivity contribution in [3.63, 3.8) is 0 Å². The lowest BCUT2D eigenvalue weighted by Crippen LogP contribution is -2.46. The summed E-state index contributed by atoms with van der Waals surface area (Å²) in [5.41, 5.74) is 2.42. The van der Waals surface area contributed by atoms with Gasteiger partial charge in [0.05, 0.1) is 6.54 Å². The van der Waals surface area contributed by atoms with Crippen molar-refractivity contribution in [2.24, 2.45) is 16.3 Å². The summed E-state index contributed by atoms with van der Waals surface area (Å²) in [6.07, 6.45) is 5.21. The van der Waals surface area contributed by atoms with E-state index in [2.05, 4.69) is 29.8 Å². The van der Waals surface area contributed by atoms with Crippen molar-refractivity contribution < 1.29 is 4.79 Å². The molecular formula is C21H34N4O. The number of hydrogen-bond acceptors (Lipinski definition) is 2. The molecule has 26 heavy (non-hydrogen) atoms. The Bertz CT molecular complexity index is 597. The monoisotopic (exact) mass is 358 g/mol. The standard InChI is InChI=1S/C21H34N4O/c1-5-21(12-7-13-21)15-24-20(22-6-2)23-14-17-8-10-18(11-9-17)25-19(26)16(3)4/h8-11,16H,5-7,12-15H2,1-4H3,(H,25,26)(H2,22,23,24). The lowest BCUT2D eigenvalue weighted by Gasteiger charge is -2.41. The van der Waals surface area contributed by atoms with E-state index >= 15 is 0 Å². The Morgan fingerprint density at radius 2 is 1.85 bits per heavy atom. The number of anilines is 1. The molecule has 0 spiro atoms. The molecule has 0 aromatic heterocycles. The first-order valence-corrected chi connectivity index (χ1v) is 9.90. The fraction of sp³-hybridized carbons (Fsp3) is 0.619. The predicted octanol–water partition coefficient (Wildman–Crippen LogP) is 3.92. The topological polar surface area (TPSA) is 65.5 Å². The zero-order valence-corrected chi connectivity index (χ0v) is 16.7. The average Bonchev–Trinajstić information content (AvgIpc) is 2.60. The Morgan fingerprint density at radius 1 is 1.15 bits per heavy atom. The van der Waals surface area contributed by atoms with Crippen LogP contribution < -0.4 is 16.0 Å². The third-order valence-corrected chi connectivity index (χ3v) is 5.30. The van der Waals surface area contributed by atoms with Crippen LogP contribution in [0.5, 0.6) is 0 Å². The van der Waals surface area contributed by atoms with Crippen LogP contribution in [0, 0.1) is 11.3 Å². The second kappa shape index (κ2) is 9.60. The maximum atomic E-state index is 11.7. The van der Waals surface area contributed by atoms with Gasteiger partial charge in [-0.05, 0) is 49.3 Å². The third kappa shape index (κ3) is 5.75. The first kappa shape index (κ1) is 20.3. The van der Waals surface area contributed by atoms with Gasteiger partial charge in [-0.1, -0.05) is 39.3 Å². The van der Waals surface area contributed by atoms with Crippen molar-refractivity contribution >= 4 is 17.6 Å². The minimum absolute atomic E-state index is 0.0184. The van der Waals surface area contributed by atoms with Gasteiger partial charge >= 0.3 is 0 Å². The van der Waals surface area contributed by atoms with E-state index in [1.54, 1.807) is 0 Å². The van der Waals surface area contributed by atoms with Crippen molar-refractivity contribution in [1.29, 1.82) is 0 Å². The number of benzene rings is 1. The molecule has 2 rings (SSSR count). The minimum atomic E-state index is -0.0184. The average molecular weight is 359 g/mol. The summed E-state index contributed by atoms with van der Waals surface area (Å²) < 4.78 is 0. The van der Waals surface area contributed by atoms with Crippen LogP contribution in [0.25, 0.3) is 0 Å². The van der Waals surface area contributed by atoms with E-state index in [1.165, 1.54) is 25.7 Å². The number of guanidine groups is 1. The van der Waals surface area contributed by atoms with E-state index in [9.17, 15) is 4.79 Å². The number of hydrogen-bond donors (Lipinski definition) is 3. The molecule has 5 nitrogen and oxygen atoms in total. The van der Waals surface area contributed by atoms with Crippen molar-refractivity contribution in [3.8, 4) is 0 Å². The predicted molar refractivity (Wildman–Crippen MR) is 109 cm³/mol. The van der Waals surface area contributed by atoms with Crippen LogP contribution in [0.1, 0.15) is 58.9 Å². The van der Waals surface area contributed by atoms with E-state index in [1.807, 2.05) is 38.1 Å². The normalized spacial score (nSPS) is 16.1. The van der Waals surface area contributed by atoms with E-state index in [4.69, 9.17) is 4.99 Å². The molecule has 5 heteroatoms. The van der Waals surface area contributed by atoms with Crippen molar-refractivity contribution in [1.82, 2.24) is 10.6 Å². The molecule has 144 valence electrons. The van der Waals surface area contributed by atoms with Gasteiger partial charge in [-0.25, -0.2) is 4.99 Å². The van der Waals surface area contributed by atoms with Crippen LogP contribution in [-0.2, 0) is 11.3 Å². The first-order chi connectivity index (χ1) is 12.5. The summed E-state index contributed by atoms with van der Waals surface area (Å²) in [6.45, 7) is 10.6. The molecule has 1 aromatic carbocycles. The fourth-order valence-corrected chi connectivity index (χ4v) is 3.10. The molecule has 0 radical (unpaired) electrons. The fourth-order valence-electron chi connectivity index (χ4n) is 3.10. The number of nitrogens with one attached hydrogen (secondary N) is 3. The molecule has 3 N–H and O–H groups in total. The summed E-state index contributed by atoms with van der Waals surface area (Å²) in [7, 11) is 0. The molecule has 1 amide bonds. The number of rotatable bonds is 8. The molecule has 1 aliphatic rings. The number of carbonyl (C=O) groups is 1. The van der Waals surface area contributed by atoms with E-state index in [0.717, 1.165) is 30.3 Å². The number of amides is 1. The van der Waals surface area contributed by atoms with Gasteiger partial charge in [0.2, 0.25) is 5.91 Å². The lowest BCUT2D eigenvalue weighted by molar-refractivity contribution is -0.118. The van der Waals surface area contributed by atoms with E-state index in [-0.39, 0.29) is 11.8 Å². The van der Waals surface area contributed by atoms with Gasteiger partial charge in [0, 0.05) is 24.7 Å². The van der Waals surface area contributed by atoms with Gasteiger partial charge in [0.15, 0.2) is 5.96 Å². The highest BCUT2D eigenvalue weighted by molar-refractivity contribution is 5.92. The van der Waals surface area contributed by atoms with Crippen molar-refractivity contribution in [3.05, 3.63) is 29.8 Å². The lowest BCUT2D eigenvalue weighted by atomic mass is 9.67. The Labute approximate surface area is 158 Å². The maximum absolute atomic E-state index is 11.7. The summed E-state index contributed by atoms with van der Waals surface area (Å²) in [5.74, 6) is 0.898. The van der Waals surface area contributed by atoms with Gasteiger partial charge in [-0.3, -0.25) is 4.79 Å². The molecule has 0 bridgehead atoms. The molecule has 0 unspecified atom stereocenters. The Kier molecular flexibility index (Phi) is 7.49. The van der Waals surface area contributed by atoms with Crippen LogP contribution in [0.15, 0.2) is 29.3 Å². The molecule has 0 atom stereocenters. The zero-order valence-electron chi connectivity index (χ0n) is 16.7. The van der Waals surface area contributed by atoms with Crippen LogP contribution in [0.4, 0.5) is 5.69 Å². The van der Waals surface area contributed by atoms with Gasteiger partial charge in [-0.15, -0.1) is 0 Å². The van der Waals surface area contributed by atoms with Crippen LogP contribution in [0.2, 0.25) is 0 Å². The van der Waals surface area contributed by atoms with Crippen LogP contribution in [-0.4, -0.2) is 25.0 Å². The van der Waals surface area contributed by atoms with Gasteiger partial charge in [0.25, 0.3) is 0 Å². The molecule has 1 aliphatic carbocycles. The molecule has 1 fully saturated rings. The summed E-state index contributed by atoms with van der Waals surface area (Å²) in [4.78, 5) is 16.4. The maximum Gasteiger partial charge on any atom is 0.226 e.